The van der Waals surface area contributed by atoms with Crippen LogP contribution in [0.25, 0.3) is 0 Å². The van der Waals surface area contributed by atoms with Crippen LogP contribution < -0.4 is 5.32 Å². The van der Waals surface area contributed by atoms with Crippen molar-refractivity contribution in [1.82, 2.24) is 9.97 Å². The Morgan fingerprint density at radius 2 is 1.94 bits per heavy atom. The number of rotatable bonds is 3. The Morgan fingerprint density at radius 1 is 1.19 bits per heavy atom. The standard InChI is InChI=1S/C12H12ClN3/c1-2-9-3-5-10(6-4-9)15-11-7-8-14-12(13)16-11/h3-8H,2H2,1H3,(H,14,15,16). The van der Waals surface area contributed by atoms with Gasteiger partial charge in [-0.2, -0.15) is 0 Å². The van der Waals surface area contributed by atoms with Crippen LogP contribution in [0.2, 0.25) is 5.28 Å². The summed E-state index contributed by atoms with van der Waals surface area (Å²) in [4.78, 5) is 7.88. The molecule has 0 aliphatic heterocycles. The number of benzene rings is 1. The zero-order valence-electron chi connectivity index (χ0n) is 8.94. The number of halogens is 1. The molecule has 1 aromatic heterocycles. The highest BCUT2D eigenvalue weighted by molar-refractivity contribution is 6.28. The number of anilines is 2. The van der Waals surface area contributed by atoms with E-state index >= 15 is 0 Å². The summed E-state index contributed by atoms with van der Waals surface area (Å²) in [5.41, 5.74) is 2.30. The number of nitrogens with one attached hydrogen (secondary N) is 1. The lowest BCUT2D eigenvalue weighted by Crippen LogP contribution is -1.94. The van der Waals surface area contributed by atoms with Crippen LogP contribution in [-0.2, 0) is 6.42 Å². The molecule has 1 N–H and O–H groups in total. The molecule has 1 heterocycles. The molecule has 0 spiro atoms. The molecule has 3 nitrogen and oxygen atoms in total. The molecular formula is C12H12ClN3. The van der Waals surface area contributed by atoms with Gasteiger partial charge in [-0.1, -0.05) is 19.1 Å². The minimum atomic E-state index is 0.246. The molecular weight excluding hydrogens is 222 g/mol. The third-order valence-corrected chi connectivity index (χ3v) is 2.44. The van der Waals surface area contributed by atoms with E-state index in [0.717, 1.165) is 12.1 Å². The largest absolute Gasteiger partial charge is 0.340 e. The number of aryl methyl sites for hydroxylation is 1. The van der Waals surface area contributed by atoms with Crippen LogP contribution in [0.4, 0.5) is 11.5 Å². The SMILES string of the molecule is CCc1ccc(Nc2ccnc(Cl)n2)cc1. The van der Waals surface area contributed by atoms with Gasteiger partial charge in [0.1, 0.15) is 5.82 Å². The predicted molar refractivity (Wildman–Crippen MR) is 66.1 cm³/mol. The number of nitrogens with zero attached hydrogens (tertiary/aromatic N) is 2. The first-order valence-electron chi connectivity index (χ1n) is 5.12. The Morgan fingerprint density at radius 3 is 2.56 bits per heavy atom. The van der Waals surface area contributed by atoms with Gasteiger partial charge in [0.05, 0.1) is 0 Å². The van der Waals surface area contributed by atoms with Crippen molar-refractivity contribution in [2.75, 3.05) is 5.32 Å². The number of hydrogen-bond donors (Lipinski definition) is 1. The third kappa shape index (κ3) is 2.70. The van der Waals surface area contributed by atoms with Gasteiger partial charge in [-0.05, 0) is 41.8 Å². The van der Waals surface area contributed by atoms with Crippen molar-refractivity contribution in [3.05, 3.63) is 47.4 Å². The fraction of sp³-hybridized carbons (Fsp3) is 0.167. The van der Waals surface area contributed by atoms with E-state index in [1.807, 2.05) is 12.1 Å². The average Bonchev–Trinajstić information content (AvgIpc) is 2.30. The average molecular weight is 234 g/mol. The summed E-state index contributed by atoms with van der Waals surface area (Å²) < 4.78 is 0. The highest BCUT2D eigenvalue weighted by Crippen LogP contribution is 2.16. The van der Waals surface area contributed by atoms with E-state index in [1.54, 1.807) is 12.3 Å². The zero-order valence-corrected chi connectivity index (χ0v) is 9.70. The Labute approximate surface area is 99.5 Å². The Hall–Kier alpha value is -1.61. The van der Waals surface area contributed by atoms with E-state index in [2.05, 4.69) is 34.3 Å². The molecule has 0 aliphatic rings. The molecule has 0 atom stereocenters. The highest BCUT2D eigenvalue weighted by Gasteiger charge is 1.97. The van der Waals surface area contributed by atoms with Crippen LogP contribution >= 0.6 is 11.6 Å². The minimum absolute atomic E-state index is 0.246. The monoisotopic (exact) mass is 233 g/mol. The maximum atomic E-state index is 5.70. The third-order valence-electron chi connectivity index (χ3n) is 2.26. The molecule has 2 aromatic rings. The Balaban J connectivity index is 2.14. The van der Waals surface area contributed by atoms with E-state index in [0.29, 0.717) is 5.82 Å². The lowest BCUT2D eigenvalue weighted by atomic mass is 10.1. The lowest BCUT2D eigenvalue weighted by Gasteiger charge is -2.05. The summed E-state index contributed by atoms with van der Waals surface area (Å²) in [6.45, 7) is 2.13. The maximum absolute atomic E-state index is 5.70. The topological polar surface area (TPSA) is 37.8 Å². The summed E-state index contributed by atoms with van der Waals surface area (Å²) >= 11 is 5.70. The van der Waals surface area contributed by atoms with Crippen LogP contribution in [0, 0.1) is 0 Å². The molecule has 1 aromatic carbocycles. The van der Waals surface area contributed by atoms with E-state index in [1.165, 1.54) is 5.56 Å². The summed E-state index contributed by atoms with van der Waals surface area (Å²) in [6, 6.07) is 10.00. The molecule has 0 saturated heterocycles. The molecule has 0 fully saturated rings. The minimum Gasteiger partial charge on any atom is -0.340 e. The van der Waals surface area contributed by atoms with Crippen molar-refractivity contribution in [1.29, 1.82) is 0 Å². The van der Waals surface area contributed by atoms with Crippen LogP contribution in [0.3, 0.4) is 0 Å². The van der Waals surface area contributed by atoms with Gasteiger partial charge in [-0.25, -0.2) is 9.97 Å². The summed E-state index contributed by atoms with van der Waals surface area (Å²) in [5, 5.41) is 3.41. The van der Waals surface area contributed by atoms with Crippen molar-refractivity contribution in [2.24, 2.45) is 0 Å². The van der Waals surface area contributed by atoms with Crippen LogP contribution in [0.5, 0.6) is 0 Å². The highest BCUT2D eigenvalue weighted by atomic mass is 35.5. The van der Waals surface area contributed by atoms with E-state index in [9.17, 15) is 0 Å². The van der Waals surface area contributed by atoms with Crippen molar-refractivity contribution in [3.8, 4) is 0 Å². The molecule has 0 aliphatic carbocycles. The summed E-state index contributed by atoms with van der Waals surface area (Å²) in [5.74, 6) is 0.698. The molecule has 4 heteroatoms. The van der Waals surface area contributed by atoms with Crippen LogP contribution in [0.1, 0.15) is 12.5 Å². The number of hydrogen-bond acceptors (Lipinski definition) is 3. The second-order valence-corrected chi connectivity index (χ2v) is 3.72. The second-order valence-electron chi connectivity index (χ2n) is 3.39. The van der Waals surface area contributed by atoms with Gasteiger partial charge in [0.15, 0.2) is 0 Å². The molecule has 82 valence electrons. The molecule has 0 saturated carbocycles. The first-order valence-corrected chi connectivity index (χ1v) is 5.50. The van der Waals surface area contributed by atoms with Crippen molar-refractivity contribution in [3.63, 3.8) is 0 Å². The Bertz CT molecular complexity index is 468. The van der Waals surface area contributed by atoms with Gasteiger partial charge >= 0.3 is 0 Å². The first kappa shape index (κ1) is 10.9. The van der Waals surface area contributed by atoms with Crippen molar-refractivity contribution in [2.45, 2.75) is 13.3 Å². The van der Waals surface area contributed by atoms with Gasteiger partial charge in [-0.3, -0.25) is 0 Å². The van der Waals surface area contributed by atoms with Gasteiger partial charge in [0.2, 0.25) is 5.28 Å². The normalized spacial score (nSPS) is 10.1. The maximum Gasteiger partial charge on any atom is 0.224 e. The Kier molecular flexibility index (Phi) is 3.37. The van der Waals surface area contributed by atoms with E-state index in [-0.39, 0.29) is 5.28 Å². The van der Waals surface area contributed by atoms with Gasteiger partial charge in [0.25, 0.3) is 0 Å². The quantitative estimate of drug-likeness (QED) is 0.826. The van der Waals surface area contributed by atoms with Crippen molar-refractivity contribution >= 4 is 23.1 Å². The van der Waals surface area contributed by atoms with Crippen LogP contribution in [-0.4, -0.2) is 9.97 Å². The van der Waals surface area contributed by atoms with Gasteiger partial charge in [0, 0.05) is 11.9 Å². The molecule has 0 unspecified atom stereocenters. The van der Waals surface area contributed by atoms with Crippen LogP contribution in [0.15, 0.2) is 36.5 Å². The zero-order chi connectivity index (χ0) is 11.4. The van der Waals surface area contributed by atoms with Gasteiger partial charge < -0.3 is 5.32 Å². The van der Waals surface area contributed by atoms with Crippen molar-refractivity contribution < 1.29 is 0 Å². The smallest absolute Gasteiger partial charge is 0.224 e. The fourth-order valence-electron chi connectivity index (χ4n) is 1.38. The second kappa shape index (κ2) is 4.94. The fourth-order valence-corrected chi connectivity index (χ4v) is 1.52. The molecule has 16 heavy (non-hydrogen) atoms. The summed E-state index contributed by atoms with van der Waals surface area (Å²) in [7, 11) is 0. The molecule has 0 amide bonds. The first-order chi connectivity index (χ1) is 7.78. The molecule has 0 bridgehead atoms. The number of aromatic nitrogens is 2. The lowest BCUT2D eigenvalue weighted by molar-refractivity contribution is 1.14. The summed E-state index contributed by atoms with van der Waals surface area (Å²) in [6.07, 6.45) is 2.66. The van der Waals surface area contributed by atoms with E-state index < -0.39 is 0 Å². The molecule has 2 rings (SSSR count). The van der Waals surface area contributed by atoms with Gasteiger partial charge in [-0.15, -0.1) is 0 Å². The van der Waals surface area contributed by atoms with E-state index in [4.69, 9.17) is 11.6 Å². The molecule has 0 radical (unpaired) electrons. The predicted octanol–water partition coefficient (Wildman–Crippen LogP) is 3.44.